The molecule has 5 heteroatoms. The highest BCUT2D eigenvalue weighted by Crippen LogP contribution is 2.27. The number of hydrazone groups is 1. The minimum absolute atomic E-state index is 0.0760. The molecule has 0 aromatic heterocycles. The van der Waals surface area contributed by atoms with Gasteiger partial charge in [0.2, 0.25) is 0 Å². The summed E-state index contributed by atoms with van der Waals surface area (Å²) in [4.78, 5) is 12.1. The van der Waals surface area contributed by atoms with Crippen LogP contribution in [0.2, 0.25) is 0 Å². The molecule has 0 radical (unpaired) electrons. The summed E-state index contributed by atoms with van der Waals surface area (Å²) in [7, 11) is 0. The van der Waals surface area contributed by atoms with E-state index >= 15 is 0 Å². The van der Waals surface area contributed by atoms with Gasteiger partial charge in [-0.1, -0.05) is 63.2 Å². The molecule has 1 amide bonds. The van der Waals surface area contributed by atoms with Crippen molar-refractivity contribution in [1.29, 1.82) is 0 Å². The Bertz CT molecular complexity index is 1030. The van der Waals surface area contributed by atoms with Crippen LogP contribution in [0.5, 0.6) is 11.5 Å². The normalized spacial score (nSPS) is 11.6. The summed E-state index contributed by atoms with van der Waals surface area (Å²) in [6.45, 7) is 8.83. The van der Waals surface area contributed by atoms with Gasteiger partial charge in [0.05, 0.1) is 12.8 Å². The zero-order valence-electron chi connectivity index (χ0n) is 17.9. The van der Waals surface area contributed by atoms with E-state index in [2.05, 4.69) is 31.3 Å². The number of carbonyl (C=O) groups is 1. The Morgan fingerprint density at radius 3 is 2.43 bits per heavy atom. The number of hydrogen-bond acceptors (Lipinski definition) is 4. The molecule has 156 valence electrons. The monoisotopic (exact) mass is 404 g/mol. The van der Waals surface area contributed by atoms with Crippen LogP contribution in [0.1, 0.15) is 38.8 Å². The summed E-state index contributed by atoms with van der Waals surface area (Å²) in [6.07, 6.45) is 1.61. The fourth-order valence-electron chi connectivity index (χ4n) is 3.09. The van der Waals surface area contributed by atoms with Crippen LogP contribution in [0.25, 0.3) is 10.8 Å². The molecule has 3 aromatic carbocycles. The lowest BCUT2D eigenvalue weighted by Gasteiger charge is -2.19. The minimum atomic E-state index is -0.329. The fraction of sp³-hybridized carbons (Fsp3) is 0.280. The van der Waals surface area contributed by atoms with Gasteiger partial charge in [0.15, 0.2) is 6.61 Å². The number of benzene rings is 3. The minimum Gasteiger partial charge on any atom is -0.493 e. The summed E-state index contributed by atoms with van der Waals surface area (Å²) >= 11 is 0. The second kappa shape index (κ2) is 9.44. The van der Waals surface area contributed by atoms with Crippen molar-refractivity contribution >= 4 is 22.9 Å². The average molecular weight is 405 g/mol. The molecule has 0 aliphatic rings. The van der Waals surface area contributed by atoms with Crippen LogP contribution in [0.15, 0.2) is 65.8 Å². The maximum atomic E-state index is 12.1. The SMILES string of the molecule is CCOc1ccc2ccccc2c1/C=N/NC(=O)COc1ccc(C(C)(C)C)cc1. The first-order valence-electron chi connectivity index (χ1n) is 10.1. The predicted octanol–water partition coefficient (Wildman–Crippen LogP) is 5.07. The number of rotatable bonds is 7. The third-order valence-corrected chi connectivity index (χ3v) is 4.70. The van der Waals surface area contributed by atoms with Crippen LogP contribution in [0.3, 0.4) is 0 Å². The Hall–Kier alpha value is -3.34. The van der Waals surface area contributed by atoms with Crippen molar-refractivity contribution in [3.8, 4) is 11.5 Å². The summed E-state index contributed by atoms with van der Waals surface area (Å²) in [6, 6.07) is 19.7. The number of ether oxygens (including phenoxy) is 2. The predicted molar refractivity (Wildman–Crippen MR) is 121 cm³/mol. The maximum absolute atomic E-state index is 12.1. The van der Waals surface area contributed by atoms with Crippen LogP contribution in [-0.4, -0.2) is 25.3 Å². The smallest absolute Gasteiger partial charge is 0.277 e. The lowest BCUT2D eigenvalue weighted by molar-refractivity contribution is -0.123. The molecule has 0 fully saturated rings. The first kappa shape index (κ1) is 21.4. The molecule has 0 saturated carbocycles. The number of nitrogens with one attached hydrogen (secondary N) is 1. The van der Waals surface area contributed by atoms with Gasteiger partial charge < -0.3 is 9.47 Å². The molecule has 3 rings (SSSR count). The molecule has 3 aromatic rings. The molecular weight excluding hydrogens is 376 g/mol. The van der Waals surface area contributed by atoms with Crippen molar-refractivity contribution < 1.29 is 14.3 Å². The van der Waals surface area contributed by atoms with Gasteiger partial charge in [-0.25, -0.2) is 5.43 Å². The third kappa shape index (κ3) is 5.38. The zero-order valence-corrected chi connectivity index (χ0v) is 17.9. The highest BCUT2D eigenvalue weighted by molar-refractivity contribution is 6.02. The van der Waals surface area contributed by atoms with Gasteiger partial charge in [0.1, 0.15) is 11.5 Å². The largest absolute Gasteiger partial charge is 0.493 e. The molecule has 30 heavy (non-hydrogen) atoms. The maximum Gasteiger partial charge on any atom is 0.277 e. The zero-order chi connectivity index (χ0) is 21.6. The van der Waals surface area contributed by atoms with E-state index in [0.29, 0.717) is 12.4 Å². The number of nitrogens with zero attached hydrogens (tertiary/aromatic N) is 1. The van der Waals surface area contributed by atoms with Gasteiger partial charge >= 0.3 is 0 Å². The Balaban J connectivity index is 1.63. The van der Waals surface area contributed by atoms with Gasteiger partial charge in [-0.3, -0.25) is 4.79 Å². The van der Waals surface area contributed by atoms with E-state index in [0.717, 1.165) is 22.1 Å². The molecule has 1 N–H and O–H groups in total. The molecule has 0 saturated heterocycles. The van der Waals surface area contributed by atoms with Crippen molar-refractivity contribution in [2.75, 3.05) is 13.2 Å². The number of amides is 1. The fourth-order valence-corrected chi connectivity index (χ4v) is 3.09. The van der Waals surface area contributed by atoms with Gasteiger partial charge in [-0.2, -0.15) is 5.10 Å². The molecule has 0 atom stereocenters. The number of fused-ring (bicyclic) bond motifs is 1. The standard InChI is InChI=1S/C25H28N2O3/c1-5-29-23-15-10-18-8-6-7-9-21(18)22(23)16-26-27-24(28)17-30-20-13-11-19(12-14-20)25(2,3)4/h6-16H,5,17H2,1-4H3,(H,27,28)/b26-16+. The summed E-state index contributed by atoms with van der Waals surface area (Å²) < 4.78 is 11.3. The summed E-state index contributed by atoms with van der Waals surface area (Å²) in [5.41, 5.74) is 4.64. The first-order valence-corrected chi connectivity index (χ1v) is 10.1. The molecule has 0 unspecified atom stereocenters. The summed E-state index contributed by atoms with van der Waals surface area (Å²) in [5.74, 6) is 1.04. The van der Waals surface area contributed by atoms with E-state index in [9.17, 15) is 4.79 Å². The van der Waals surface area contributed by atoms with E-state index < -0.39 is 0 Å². The Kier molecular flexibility index (Phi) is 6.72. The van der Waals surface area contributed by atoms with Crippen LogP contribution in [0.4, 0.5) is 0 Å². The molecule has 5 nitrogen and oxygen atoms in total. The second-order valence-corrected chi connectivity index (χ2v) is 7.99. The lowest BCUT2D eigenvalue weighted by Crippen LogP contribution is -2.24. The molecule has 0 spiro atoms. The highest BCUT2D eigenvalue weighted by Gasteiger charge is 2.13. The van der Waals surface area contributed by atoms with Crippen molar-refractivity contribution in [3.05, 3.63) is 71.8 Å². The van der Waals surface area contributed by atoms with E-state index in [1.807, 2.05) is 67.6 Å². The van der Waals surface area contributed by atoms with E-state index in [1.54, 1.807) is 6.21 Å². The van der Waals surface area contributed by atoms with Crippen molar-refractivity contribution in [2.45, 2.75) is 33.1 Å². The quantitative estimate of drug-likeness (QED) is 0.442. The Labute approximate surface area is 177 Å². The van der Waals surface area contributed by atoms with Gasteiger partial charge in [0.25, 0.3) is 5.91 Å². The number of hydrogen-bond donors (Lipinski definition) is 1. The molecule has 0 aliphatic heterocycles. The third-order valence-electron chi connectivity index (χ3n) is 4.70. The highest BCUT2D eigenvalue weighted by atomic mass is 16.5. The molecule has 0 bridgehead atoms. The molecule has 0 aliphatic carbocycles. The van der Waals surface area contributed by atoms with Crippen LogP contribution >= 0.6 is 0 Å². The van der Waals surface area contributed by atoms with Crippen molar-refractivity contribution in [2.24, 2.45) is 5.10 Å². The second-order valence-electron chi connectivity index (χ2n) is 7.99. The molecular formula is C25H28N2O3. The Morgan fingerprint density at radius 1 is 1.00 bits per heavy atom. The van der Waals surface area contributed by atoms with Crippen molar-refractivity contribution in [3.63, 3.8) is 0 Å². The average Bonchev–Trinajstić information content (AvgIpc) is 2.73. The van der Waals surface area contributed by atoms with Gasteiger partial charge in [0, 0.05) is 5.56 Å². The number of carbonyl (C=O) groups excluding carboxylic acids is 1. The van der Waals surface area contributed by atoms with E-state index in [4.69, 9.17) is 9.47 Å². The van der Waals surface area contributed by atoms with Gasteiger partial charge in [-0.15, -0.1) is 0 Å². The Morgan fingerprint density at radius 2 is 1.73 bits per heavy atom. The van der Waals surface area contributed by atoms with Crippen LogP contribution in [-0.2, 0) is 10.2 Å². The van der Waals surface area contributed by atoms with E-state index in [1.165, 1.54) is 5.56 Å². The van der Waals surface area contributed by atoms with E-state index in [-0.39, 0.29) is 17.9 Å². The lowest BCUT2D eigenvalue weighted by atomic mass is 9.87. The summed E-state index contributed by atoms with van der Waals surface area (Å²) in [5, 5.41) is 6.20. The topological polar surface area (TPSA) is 59.9 Å². The van der Waals surface area contributed by atoms with Gasteiger partial charge in [-0.05, 0) is 46.9 Å². The first-order chi connectivity index (χ1) is 14.4. The van der Waals surface area contributed by atoms with Crippen molar-refractivity contribution in [1.82, 2.24) is 5.43 Å². The van der Waals surface area contributed by atoms with Crippen LogP contribution < -0.4 is 14.9 Å². The molecule has 0 heterocycles. The van der Waals surface area contributed by atoms with Crippen LogP contribution in [0, 0.1) is 0 Å².